The minimum absolute atomic E-state index is 0.0957. The Labute approximate surface area is 128 Å². The molecule has 0 spiro atoms. The predicted molar refractivity (Wildman–Crippen MR) is 81.1 cm³/mol. The zero-order valence-electron chi connectivity index (χ0n) is 12.4. The zero-order chi connectivity index (χ0) is 16.0. The molecule has 21 heavy (non-hydrogen) atoms. The van der Waals surface area contributed by atoms with Crippen LogP contribution in [0.3, 0.4) is 0 Å². The highest BCUT2D eigenvalue weighted by molar-refractivity contribution is 6.47. The summed E-state index contributed by atoms with van der Waals surface area (Å²) >= 11 is 5.92. The molecule has 2 N–H and O–H groups in total. The Morgan fingerprint density at radius 1 is 1.29 bits per heavy atom. The van der Waals surface area contributed by atoms with Crippen LogP contribution in [0.25, 0.3) is 0 Å². The molecule has 0 aliphatic carbocycles. The molecule has 1 saturated heterocycles. The lowest BCUT2D eigenvalue weighted by molar-refractivity contribution is -0.385. The lowest BCUT2D eigenvalue weighted by Gasteiger charge is -2.32. The molecule has 0 radical (unpaired) electrons. The minimum Gasteiger partial charge on any atom is -0.402 e. The van der Waals surface area contributed by atoms with Gasteiger partial charge in [0.05, 0.1) is 22.1 Å². The second-order valence-electron chi connectivity index (χ2n) is 6.11. The monoisotopic (exact) mass is 312 g/mol. The first kappa shape index (κ1) is 16.2. The molecule has 114 valence electrons. The number of benzene rings is 1. The summed E-state index contributed by atoms with van der Waals surface area (Å²) in [4.78, 5) is 10.6. The zero-order valence-corrected chi connectivity index (χ0v) is 13.2. The maximum atomic E-state index is 11.1. The van der Waals surface area contributed by atoms with Gasteiger partial charge in [0.15, 0.2) is 0 Å². The van der Waals surface area contributed by atoms with Crippen LogP contribution in [0.1, 0.15) is 39.2 Å². The van der Waals surface area contributed by atoms with Crippen molar-refractivity contribution in [1.29, 1.82) is 0 Å². The van der Waals surface area contributed by atoms with E-state index in [0.29, 0.717) is 10.6 Å². The fraction of sp³-hybridized carbons (Fsp3) is 0.538. The van der Waals surface area contributed by atoms with Gasteiger partial charge >= 0.3 is 7.12 Å². The Morgan fingerprint density at radius 2 is 1.81 bits per heavy atom. The van der Waals surface area contributed by atoms with Crippen molar-refractivity contribution in [2.75, 3.05) is 0 Å². The molecule has 0 unspecified atom stereocenters. The van der Waals surface area contributed by atoms with Gasteiger partial charge in [0.2, 0.25) is 0 Å². The van der Waals surface area contributed by atoms with Crippen molar-refractivity contribution < 1.29 is 14.2 Å². The molecule has 0 aromatic heterocycles. The van der Waals surface area contributed by atoms with Gasteiger partial charge in [-0.3, -0.25) is 10.1 Å². The van der Waals surface area contributed by atoms with E-state index >= 15 is 0 Å². The van der Waals surface area contributed by atoms with Gasteiger partial charge in [0, 0.05) is 16.7 Å². The summed E-state index contributed by atoms with van der Waals surface area (Å²) < 4.78 is 11.7. The first-order valence-electron chi connectivity index (χ1n) is 6.60. The molecule has 0 saturated carbocycles. The van der Waals surface area contributed by atoms with Crippen LogP contribution in [0.4, 0.5) is 5.69 Å². The van der Waals surface area contributed by atoms with E-state index in [0.717, 1.165) is 0 Å². The van der Waals surface area contributed by atoms with Crippen LogP contribution in [0, 0.1) is 10.1 Å². The Morgan fingerprint density at radius 3 is 2.29 bits per heavy atom. The fourth-order valence-corrected chi connectivity index (χ4v) is 2.32. The minimum atomic E-state index is -0.801. The third kappa shape index (κ3) is 2.92. The molecule has 1 aliphatic heterocycles. The Balaban J connectivity index is 2.36. The maximum Gasteiger partial charge on any atom is 0.480 e. The molecule has 1 atom stereocenters. The van der Waals surface area contributed by atoms with Gasteiger partial charge in [-0.05, 0) is 39.8 Å². The van der Waals surface area contributed by atoms with Crippen molar-refractivity contribution in [2.24, 2.45) is 5.73 Å². The first-order chi connectivity index (χ1) is 9.55. The predicted octanol–water partition coefficient (Wildman–Crippen LogP) is 2.88. The summed E-state index contributed by atoms with van der Waals surface area (Å²) in [6.45, 7) is 7.58. The second-order valence-corrected chi connectivity index (χ2v) is 6.55. The van der Waals surface area contributed by atoms with E-state index in [9.17, 15) is 10.1 Å². The average Bonchev–Trinajstić information content (AvgIpc) is 2.57. The van der Waals surface area contributed by atoms with Crippen LogP contribution in [0.15, 0.2) is 18.2 Å². The van der Waals surface area contributed by atoms with Crippen molar-refractivity contribution in [1.82, 2.24) is 0 Å². The molecular formula is C13H18BClN2O4. The molecule has 2 rings (SSSR count). The number of hydrogen-bond donors (Lipinski definition) is 1. The highest BCUT2D eigenvalue weighted by Crippen LogP contribution is 2.41. The van der Waals surface area contributed by atoms with Crippen molar-refractivity contribution in [2.45, 2.75) is 44.8 Å². The molecular weight excluding hydrogens is 294 g/mol. The summed E-state index contributed by atoms with van der Waals surface area (Å²) in [6, 6.07) is 4.28. The van der Waals surface area contributed by atoms with Crippen LogP contribution >= 0.6 is 11.6 Å². The average molecular weight is 313 g/mol. The molecule has 1 heterocycles. The van der Waals surface area contributed by atoms with Crippen LogP contribution in [-0.2, 0) is 9.31 Å². The largest absolute Gasteiger partial charge is 0.480 e. The number of nitrogens with zero attached hydrogens (tertiary/aromatic N) is 1. The fourth-order valence-electron chi connectivity index (χ4n) is 2.14. The summed E-state index contributed by atoms with van der Waals surface area (Å²) in [7, 11) is -0.771. The topological polar surface area (TPSA) is 87.6 Å². The molecule has 6 nitrogen and oxygen atoms in total. The van der Waals surface area contributed by atoms with Crippen molar-refractivity contribution in [3.8, 4) is 0 Å². The molecule has 1 fully saturated rings. The normalized spacial score (nSPS) is 21.3. The van der Waals surface area contributed by atoms with Crippen molar-refractivity contribution in [3.63, 3.8) is 0 Å². The standard InChI is InChI=1S/C13H18BClN2O4/c1-12(2)13(3,4)21-14(20-12)11(16)9-7-8(15)5-6-10(9)17(18)19/h5-7,11H,16H2,1-4H3/t11-/m0/s1. The Bertz CT molecular complexity index is 563. The number of hydrogen-bond acceptors (Lipinski definition) is 5. The molecule has 0 bridgehead atoms. The lowest BCUT2D eigenvalue weighted by Crippen LogP contribution is -2.41. The summed E-state index contributed by atoms with van der Waals surface area (Å²) in [6.07, 6.45) is 0. The SMILES string of the molecule is CC1(C)OB([C@@H](N)c2cc(Cl)ccc2[N+](=O)[O-])OC1(C)C. The van der Waals surface area contributed by atoms with Gasteiger partial charge < -0.3 is 15.0 Å². The van der Waals surface area contributed by atoms with Gasteiger partial charge in [-0.2, -0.15) is 0 Å². The number of halogens is 1. The number of nitro benzene ring substituents is 1. The first-order valence-corrected chi connectivity index (χ1v) is 6.98. The van der Waals surface area contributed by atoms with Gasteiger partial charge in [-0.25, -0.2) is 0 Å². The molecule has 1 aromatic carbocycles. The van der Waals surface area contributed by atoms with Gasteiger partial charge in [0.1, 0.15) is 0 Å². The summed E-state index contributed by atoms with van der Waals surface area (Å²) in [5.74, 6) is -0.801. The summed E-state index contributed by atoms with van der Waals surface area (Å²) in [5, 5.41) is 11.5. The van der Waals surface area contributed by atoms with E-state index < -0.39 is 29.2 Å². The molecule has 1 aromatic rings. The smallest absolute Gasteiger partial charge is 0.402 e. The van der Waals surface area contributed by atoms with E-state index in [-0.39, 0.29) is 5.69 Å². The summed E-state index contributed by atoms with van der Waals surface area (Å²) in [5.41, 5.74) is 5.23. The van der Waals surface area contributed by atoms with E-state index in [1.54, 1.807) is 0 Å². The van der Waals surface area contributed by atoms with Gasteiger partial charge in [-0.15, -0.1) is 0 Å². The van der Waals surface area contributed by atoms with E-state index in [1.165, 1.54) is 18.2 Å². The highest BCUT2D eigenvalue weighted by Gasteiger charge is 2.54. The third-order valence-electron chi connectivity index (χ3n) is 4.11. The van der Waals surface area contributed by atoms with E-state index in [2.05, 4.69) is 0 Å². The quantitative estimate of drug-likeness (QED) is 0.527. The maximum absolute atomic E-state index is 11.1. The number of nitro groups is 1. The Kier molecular flexibility index (Phi) is 4.05. The van der Waals surface area contributed by atoms with Crippen LogP contribution in [-0.4, -0.2) is 23.2 Å². The van der Waals surface area contributed by atoms with Crippen molar-refractivity contribution >= 4 is 24.4 Å². The molecule has 0 amide bonds. The highest BCUT2D eigenvalue weighted by atomic mass is 35.5. The molecule has 8 heteroatoms. The molecule has 1 aliphatic rings. The van der Waals surface area contributed by atoms with Crippen LogP contribution in [0.5, 0.6) is 0 Å². The van der Waals surface area contributed by atoms with E-state index in [1.807, 2.05) is 27.7 Å². The Hall–Kier alpha value is -1.15. The second kappa shape index (κ2) is 5.24. The van der Waals surface area contributed by atoms with Crippen molar-refractivity contribution in [3.05, 3.63) is 38.9 Å². The van der Waals surface area contributed by atoms with E-state index in [4.69, 9.17) is 26.6 Å². The lowest BCUT2D eigenvalue weighted by atomic mass is 9.74. The van der Waals surface area contributed by atoms with Gasteiger partial charge in [0.25, 0.3) is 5.69 Å². The van der Waals surface area contributed by atoms with Gasteiger partial charge in [-0.1, -0.05) is 11.6 Å². The van der Waals surface area contributed by atoms with Crippen LogP contribution in [0.2, 0.25) is 5.02 Å². The van der Waals surface area contributed by atoms with Crippen LogP contribution < -0.4 is 5.73 Å². The number of nitrogens with two attached hydrogens (primary N) is 1. The number of rotatable bonds is 3. The third-order valence-corrected chi connectivity index (χ3v) is 4.35.